The molecule has 4 heteroatoms. The van der Waals surface area contributed by atoms with Crippen molar-refractivity contribution >= 4 is 5.90 Å². The minimum Gasteiger partial charge on any atom is -0.512 e. The molecule has 0 fully saturated rings. The van der Waals surface area contributed by atoms with Gasteiger partial charge in [0.25, 0.3) is 0 Å². The molecule has 0 aromatic heterocycles. The Labute approximate surface area is 143 Å². The van der Waals surface area contributed by atoms with Crippen molar-refractivity contribution in [3.8, 4) is 0 Å². The van der Waals surface area contributed by atoms with Gasteiger partial charge in [-0.3, -0.25) is 0 Å². The highest BCUT2D eigenvalue weighted by molar-refractivity contribution is 5.87. The van der Waals surface area contributed by atoms with Crippen LogP contribution in [0.3, 0.4) is 0 Å². The number of aliphatic hydroxyl groups excluding tert-OH is 1. The average molecular weight is 327 g/mol. The predicted molar refractivity (Wildman–Crippen MR) is 97.0 cm³/mol. The predicted octanol–water partition coefficient (Wildman–Crippen LogP) is 4.73. The van der Waals surface area contributed by atoms with Crippen LogP contribution in [0.1, 0.15) is 32.4 Å². The average Bonchev–Trinajstić information content (AvgIpc) is 3.05. The molecule has 1 aliphatic rings. The summed E-state index contributed by atoms with van der Waals surface area (Å²) in [5, 5.41) is 9.40. The zero-order chi connectivity index (χ0) is 17.7. The van der Waals surface area contributed by atoms with Crippen molar-refractivity contribution in [1.29, 1.82) is 0 Å². The normalized spacial score (nSPS) is 18.8. The molecule has 0 radical (unpaired) electrons. The topological polar surface area (TPSA) is 51.0 Å². The van der Waals surface area contributed by atoms with Crippen LogP contribution in [-0.2, 0) is 9.47 Å². The largest absolute Gasteiger partial charge is 0.512 e. The summed E-state index contributed by atoms with van der Waals surface area (Å²) in [7, 11) is 1.56. The second-order valence-electron chi connectivity index (χ2n) is 6.36. The van der Waals surface area contributed by atoms with Crippen molar-refractivity contribution in [2.45, 2.75) is 26.8 Å². The molecule has 0 amide bonds. The van der Waals surface area contributed by atoms with Gasteiger partial charge in [0.05, 0.1) is 18.3 Å². The number of aliphatic hydroxyl groups is 1. The summed E-state index contributed by atoms with van der Waals surface area (Å²) in [5.41, 5.74) is 1.47. The molecule has 0 saturated carbocycles. The Morgan fingerprint density at radius 3 is 2.58 bits per heavy atom. The molecule has 1 atom stereocenters. The molecule has 0 unspecified atom stereocenters. The SMILES string of the molecule is C=C(/C=C(\C=C(/C)O)OC)C(C)(C)C1=N[C@@H](c2ccccc2)CO1. The number of aliphatic imine (C=N–C) groups is 1. The van der Waals surface area contributed by atoms with E-state index < -0.39 is 5.41 Å². The van der Waals surface area contributed by atoms with E-state index in [-0.39, 0.29) is 11.8 Å². The van der Waals surface area contributed by atoms with Gasteiger partial charge in [-0.1, -0.05) is 36.9 Å². The van der Waals surface area contributed by atoms with Crippen LogP contribution in [0.5, 0.6) is 0 Å². The van der Waals surface area contributed by atoms with Gasteiger partial charge in [0.15, 0.2) is 5.90 Å². The maximum atomic E-state index is 9.40. The monoisotopic (exact) mass is 327 g/mol. The minimum atomic E-state index is -0.468. The summed E-state index contributed by atoms with van der Waals surface area (Å²) >= 11 is 0. The zero-order valence-corrected chi connectivity index (χ0v) is 14.7. The van der Waals surface area contributed by atoms with Gasteiger partial charge in [0.2, 0.25) is 0 Å². The molecule has 1 heterocycles. The molecule has 1 aromatic carbocycles. The van der Waals surface area contributed by atoms with Crippen LogP contribution in [0.2, 0.25) is 0 Å². The number of allylic oxidation sites excluding steroid dienone is 3. The molecule has 0 bridgehead atoms. The lowest BCUT2D eigenvalue weighted by atomic mass is 9.84. The molecule has 2 rings (SSSR count). The van der Waals surface area contributed by atoms with Crippen molar-refractivity contribution in [2.75, 3.05) is 13.7 Å². The van der Waals surface area contributed by atoms with Gasteiger partial charge in [-0.2, -0.15) is 0 Å². The Balaban J connectivity index is 2.22. The van der Waals surface area contributed by atoms with E-state index in [2.05, 4.69) is 18.7 Å². The third-order valence-corrected chi connectivity index (χ3v) is 4.08. The molecule has 1 aliphatic heterocycles. The fourth-order valence-corrected chi connectivity index (χ4v) is 2.42. The van der Waals surface area contributed by atoms with Crippen molar-refractivity contribution in [3.05, 3.63) is 71.7 Å². The molecule has 4 nitrogen and oxygen atoms in total. The van der Waals surface area contributed by atoms with E-state index in [1.807, 2.05) is 32.0 Å². The lowest BCUT2D eigenvalue weighted by Gasteiger charge is -2.24. The van der Waals surface area contributed by atoms with E-state index >= 15 is 0 Å². The van der Waals surface area contributed by atoms with Gasteiger partial charge in [0, 0.05) is 6.08 Å². The summed E-state index contributed by atoms with van der Waals surface area (Å²) in [6.07, 6.45) is 3.34. The summed E-state index contributed by atoms with van der Waals surface area (Å²) in [5.74, 6) is 1.37. The second-order valence-corrected chi connectivity index (χ2v) is 6.36. The first-order valence-electron chi connectivity index (χ1n) is 7.93. The van der Waals surface area contributed by atoms with Crippen LogP contribution in [-0.4, -0.2) is 24.7 Å². The maximum absolute atomic E-state index is 9.40. The highest BCUT2D eigenvalue weighted by Crippen LogP contribution is 2.35. The van der Waals surface area contributed by atoms with Crippen molar-refractivity contribution in [3.63, 3.8) is 0 Å². The van der Waals surface area contributed by atoms with E-state index in [0.29, 0.717) is 18.3 Å². The van der Waals surface area contributed by atoms with E-state index in [1.165, 1.54) is 0 Å². The fourth-order valence-electron chi connectivity index (χ4n) is 2.42. The van der Waals surface area contributed by atoms with E-state index in [1.54, 1.807) is 26.2 Å². The molecule has 0 aliphatic carbocycles. The number of methoxy groups -OCH3 is 1. The van der Waals surface area contributed by atoms with Crippen LogP contribution in [0.15, 0.2) is 71.1 Å². The zero-order valence-electron chi connectivity index (χ0n) is 14.7. The van der Waals surface area contributed by atoms with Gasteiger partial charge < -0.3 is 14.6 Å². The van der Waals surface area contributed by atoms with Crippen molar-refractivity contribution in [1.82, 2.24) is 0 Å². The van der Waals surface area contributed by atoms with E-state index in [0.717, 1.165) is 11.1 Å². The number of rotatable bonds is 6. The summed E-state index contributed by atoms with van der Waals surface area (Å²) in [6, 6.07) is 10.1. The summed E-state index contributed by atoms with van der Waals surface area (Å²) in [4.78, 5) is 4.74. The second kappa shape index (κ2) is 7.39. The Hall–Kier alpha value is -2.49. The van der Waals surface area contributed by atoms with Crippen LogP contribution >= 0.6 is 0 Å². The Morgan fingerprint density at radius 2 is 2.00 bits per heavy atom. The lowest BCUT2D eigenvalue weighted by Crippen LogP contribution is -2.26. The fraction of sp³-hybridized carbons (Fsp3) is 0.350. The van der Waals surface area contributed by atoms with Crippen LogP contribution < -0.4 is 0 Å². The van der Waals surface area contributed by atoms with Crippen LogP contribution in [0.4, 0.5) is 0 Å². The van der Waals surface area contributed by atoms with Crippen LogP contribution in [0, 0.1) is 5.41 Å². The van der Waals surface area contributed by atoms with Gasteiger partial charge in [-0.15, -0.1) is 0 Å². The number of nitrogens with zero attached hydrogens (tertiary/aromatic N) is 1. The molecule has 1 aromatic rings. The van der Waals surface area contributed by atoms with Crippen molar-refractivity contribution < 1.29 is 14.6 Å². The summed E-state index contributed by atoms with van der Waals surface area (Å²) < 4.78 is 11.1. The third-order valence-electron chi connectivity index (χ3n) is 4.08. The van der Waals surface area contributed by atoms with Gasteiger partial charge in [0.1, 0.15) is 18.4 Å². The van der Waals surface area contributed by atoms with Crippen molar-refractivity contribution in [2.24, 2.45) is 10.4 Å². The molecular formula is C20H25NO3. The first-order valence-corrected chi connectivity index (χ1v) is 7.93. The maximum Gasteiger partial charge on any atom is 0.194 e. The molecule has 1 N–H and O–H groups in total. The first-order chi connectivity index (χ1) is 11.3. The minimum absolute atomic E-state index is 0.0127. The van der Waals surface area contributed by atoms with E-state index in [9.17, 15) is 5.11 Å². The Morgan fingerprint density at radius 1 is 1.33 bits per heavy atom. The lowest BCUT2D eigenvalue weighted by molar-refractivity contribution is 0.286. The molecule has 0 saturated heterocycles. The Bertz CT molecular complexity index is 680. The van der Waals surface area contributed by atoms with Crippen LogP contribution in [0.25, 0.3) is 0 Å². The van der Waals surface area contributed by atoms with Gasteiger partial charge in [-0.05, 0) is 38.0 Å². The third kappa shape index (κ3) is 4.07. The highest BCUT2D eigenvalue weighted by Gasteiger charge is 2.34. The molecular weight excluding hydrogens is 302 g/mol. The summed E-state index contributed by atoms with van der Waals surface area (Å²) in [6.45, 7) is 10.3. The van der Waals surface area contributed by atoms with E-state index in [4.69, 9.17) is 14.5 Å². The van der Waals surface area contributed by atoms with Gasteiger partial charge in [-0.25, -0.2) is 4.99 Å². The quantitative estimate of drug-likeness (QED) is 0.607. The van der Waals surface area contributed by atoms with Gasteiger partial charge >= 0.3 is 0 Å². The molecule has 0 spiro atoms. The number of ether oxygens (including phenoxy) is 2. The Kier molecular flexibility index (Phi) is 5.50. The standard InChI is InChI=1S/C20H25NO3/c1-14(11-17(23-5)12-15(2)22)20(3,4)19-21-18(13-24-19)16-9-7-6-8-10-16/h6-12,18,22H,1,13H2,2-5H3/b15-12+,17-11+/t18-/m1/s1. The number of hydrogen-bond acceptors (Lipinski definition) is 4. The molecule has 128 valence electrons. The highest BCUT2D eigenvalue weighted by atomic mass is 16.5. The smallest absolute Gasteiger partial charge is 0.194 e. The molecule has 24 heavy (non-hydrogen) atoms. The first kappa shape index (κ1) is 17.9. The number of benzene rings is 1. The number of hydrogen-bond donors (Lipinski definition) is 1.